The van der Waals surface area contributed by atoms with Gasteiger partial charge in [-0.3, -0.25) is 37.3 Å². The first-order valence-corrected chi connectivity index (χ1v) is 37.2. The van der Waals surface area contributed by atoms with E-state index in [0.717, 1.165) is 108 Å². The number of unbranched alkanes of at least 4 members (excludes halogenated alkanes) is 29. The average molecular weight is 1260 g/mol. The molecule has 0 rings (SSSR count). The highest BCUT2D eigenvalue weighted by molar-refractivity contribution is 7.47. The Labute approximate surface area is 517 Å². The Morgan fingerprint density at radius 3 is 0.729 bits per heavy atom. The summed E-state index contributed by atoms with van der Waals surface area (Å²) in [6.45, 7) is 14.0. The van der Waals surface area contributed by atoms with Crippen LogP contribution in [0.3, 0.4) is 0 Å². The first kappa shape index (κ1) is 83.1. The zero-order chi connectivity index (χ0) is 63.2. The summed E-state index contributed by atoms with van der Waals surface area (Å²) in [5.74, 6) is 0.759. The van der Waals surface area contributed by atoms with Crippen molar-refractivity contribution in [3.05, 3.63) is 0 Å². The Hall–Kier alpha value is -1.94. The van der Waals surface area contributed by atoms with E-state index in [1.54, 1.807) is 0 Å². The molecule has 0 spiro atoms. The van der Waals surface area contributed by atoms with E-state index in [2.05, 4.69) is 55.4 Å². The lowest BCUT2D eigenvalue weighted by molar-refractivity contribution is -0.161. The monoisotopic (exact) mass is 1250 g/mol. The SMILES string of the molecule is CC(C)CCCCCCCCCCCCC(=O)O[C@H](COC(=O)CCCCCCCCCCCC(C)C)COP(=O)(O)OCC(O)COP(=O)(O)OC[C@@H](COC(=O)CCCCCCCCCC(C)C)OC(=O)CCCCCCCCCC(C)C. The maximum Gasteiger partial charge on any atom is 0.472 e. The van der Waals surface area contributed by atoms with E-state index in [1.165, 1.54) is 116 Å². The van der Waals surface area contributed by atoms with Gasteiger partial charge in [0.05, 0.1) is 26.4 Å². The standard InChI is InChI=1S/C66H128O17P2/c1-56(2)42-34-26-18-12-9-10-14-23-32-40-48-65(70)82-61(52-76-63(68)46-38-30-22-15-11-13-19-27-35-43-57(3)4)54-80-84(72,73)78-50-60(67)51-79-85(74,75)81-55-62(83-66(71)49-41-33-25-17-21-29-37-45-59(7)8)53-77-64(69)47-39-31-24-16-20-28-36-44-58(5)6/h56-62,67H,9-55H2,1-8H3,(H,72,73)(H,74,75)/t60?,61-,62-/m1/s1. The molecule has 17 nitrogen and oxygen atoms in total. The summed E-state index contributed by atoms with van der Waals surface area (Å²) in [5, 5.41) is 10.5. The van der Waals surface area contributed by atoms with Crippen molar-refractivity contribution in [3.8, 4) is 0 Å². The van der Waals surface area contributed by atoms with Gasteiger partial charge in [-0.15, -0.1) is 0 Å². The maximum atomic E-state index is 13.0. The van der Waals surface area contributed by atoms with Crippen molar-refractivity contribution in [1.82, 2.24) is 0 Å². The van der Waals surface area contributed by atoms with E-state index in [0.29, 0.717) is 37.5 Å². The highest BCUT2D eigenvalue weighted by Crippen LogP contribution is 2.45. The predicted octanol–water partition coefficient (Wildman–Crippen LogP) is 18.1. The second-order valence-corrected chi connectivity index (χ2v) is 28.7. The Balaban J connectivity index is 5.26. The van der Waals surface area contributed by atoms with Gasteiger partial charge in [-0.2, -0.15) is 0 Å². The number of aliphatic hydroxyl groups excluding tert-OH is 1. The number of phosphoric ester groups is 2. The third-order valence-electron chi connectivity index (χ3n) is 15.1. The van der Waals surface area contributed by atoms with Crippen LogP contribution >= 0.6 is 15.6 Å². The van der Waals surface area contributed by atoms with Gasteiger partial charge in [0.2, 0.25) is 0 Å². The minimum absolute atomic E-state index is 0.102. The number of phosphoric acid groups is 2. The fourth-order valence-corrected chi connectivity index (χ4v) is 11.4. The number of hydrogen-bond donors (Lipinski definition) is 3. The molecule has 0 bridgehead atoms. The van der Waals surface area contributed by atoms with Gasteiger partial charge in [0.15, 0.2) is 12.2 Å². The molecule has 5 atom stereocenters. The third kappa shape index (κ3) is 60.7. The lowest BCUT2D eigenvalue weighted by atomic mass is 10.0. The van der Waals surface area contributed by atoms with Crippen LogP contribution in [0.2, 0.25) is 0 Å². The zero-order valence-electron chi connectivity index (χ0n) is 55.2. The number of aliphatic hydroxyl groups is 1. The largest absolute Gasteiger partial charge is 0.472 e. The maximum absolute atomic E-state index is 13.0. The van der Waals surface area contributed by atoms with Crippen molar-refractivity contribution in [2.75, 3.05) is 39.6 Å². The van der Waals surface area contributed by atoms with Crippen LogP contribution in [0.1, 0.15) is 319 Å². The van der Waals surface area contributed by atoms with Gasteiger partial charge in [0.1, 0.15) is 19.3 Å². The van der Waals surface area contributed by atoms with E-state index in [1.807, 2.05) is 0 Å². The zero-order valence-corrected chi connectivity index (χ0v) is 57.0. The fraction of sp³-hybridized carbons (Fsp3) is 0.939. The Morgan fingerprint density at radius 1 is 0.294 bits per heavy atom. The topological polar surface area (TPSA) is 237 Å². The normalized spacial score (nSPS) is 14.4. The Kier molecular flexibility index (Phi) is 54.8. The molecule has 0 aromatic heterocycles. The molecule has 0 aliphatic carbocycles. The number of esters is 4. The summed E-state index contributed by atoms with van der Waals surface area (Å²) in [6.07, 6.45) is 36.4. The molecule has 0 radical (unpaired) electrons. The summed E-state index contributed by atoms with van der Waals surface area (Å²) in [4.78, 5) is 72.3. The molecular weight excluding hydrogens is 1130 g/mol. The molecule has 0 saturated heterocycles. The average Bonchev–Trinajstić information content (AvgIpc) is 3.51. The first-order chi connectivity index (χ1) is 40.6. The lowest BCUT2D eigenvalue weighted by Gasteiger charge is -2.21. The van der Waals surface area contributed by atoms with Gasteiger partial charge >= 0.3 is 39.5 Å². The van der Waals surface area contributed by atoms with E-state index >= 15 is 0 Å². The van der Waals surface area contributed by atoms with E-state index < -0.39 is 97.5 Å². The first-order valence-electron chi connectivity index (χ1n) is 34.2. The molecule has 3 N–H and O–H groups in total. The highest BCUT2D eigenvalue weighted by atomic mass is 31.2. The summed E-state index contributed by atoms with van der Waals surface area (Å²) in [7, 11) is -9.89. The van der Waals surface area contributed by atoms with Crippen LogP contribution in [0, 0.1) is 23.7 Å². The van der Waals surface area contributed by atoms with E-state index in [4.69, 9.17) is 37.0 Å². The smallest absolute Gasteiger partial charge is 0.462 e. The molecule has 0 heterocycles. The van der Waals surface area contributed by atoms with Gasteiger partial charge < -0.3 is 33.8 Å². The van der Waals surface area contributed by atoms with E-state index in [9.17, 15) is 43.2 Å². The lowest BCUT2D eigenvalue weighted by Crippen LogP contribution is -2.30. The summed E-state index contributed by atoms with van der Waals surface area (Å²) in [6, 6.07) is 0. The summed E-state index contributed by atoms with van der Waals surface area (Å²) in [5.41, 5.74) is 0. The molecule has 0 amide bonds. The van der Waals surface area contributed by atoms with Crippen LogP contribution in [-0.4, -0.2) is 96.7 Å². The Bertz CT molecular complexity index is 1700. The minimum atomic E-state index is -4.95. The van der Waals surface area contributed by atoms with Crippen molar-refractivity contribution in [1.29, 1.82) is 0 Å². The van der Waals surface area contributed by atoms with Gasteiger partial charge in [-0.05, 0) is 49.4 Å². The van der Waals surface area contributed by atoms with Crippen LogP contribution in [0.25, 0.3) is 0 Å². The van der Waals surface area contributed by atoms with Crippen LogP contribution in [-0.2, 0) is 65.4 Å². The molecule has 3 unspecified atom stereocenters. The fourth-order valence-electron chi connectivity index (χ4n) is 9.78. The molecule has 0 aromatic rings. The van der Waals surface area contributed by atoms with Crippen LogP contribution in [0.15, 0.2) is 0 Å². The molecule has 504 valence electrons. The van der Waals surface area contributed by atoms with E-state index in [-0.39, 0.29) is 25.7 Å². The molecule has 0 fully saturated rings. The minimum Gasteiger partial charge on any atom is -0.462 e. The molecule has 0 saturated carbocycles. The number of carbonyl (C=O) groups is 4. The van der Waals surface area contributed by atoms with Gasteiger partial charge in [-0.1, -0.05) is 267 Å². The van der Waals surface area contributed by atoms with Crippen molar-refractivity contribution in [2.45, 2.75) is 337 Å². The molecule has 0 aliphatic heterocycles. The van der Waals surface area contributed by atoms with Crippen molar-refractivity contribution in [2.24, 2.45) is 23.7 Å². The van der Waals surface area contributed by atoms with Gasteiger partial charge in [0, 0.05) is 25.7 Å². The molecule has 0 aliphatic rings. The van der Waals surface area contributed by atoms with Gasteiger partial charge in [0.25, 0.3) is 0 Å². The molecule has 19 heteroatoms. The summed E-state index contributed by atoms with van der Waals surface area (Å²) < 4.78 is 68.1. The molecule has 85 heavy (non-hydrogen) atoms. The van der Waals surface area contributed by atoms with Crippen LogP contribution in [0.5, 0.6) is 0 Å². The second-order valence-electron chi connectivity index (χ2n) is 25.8. The number of ether oxygens (including phenoxy) is 4. The number of carbonyl (C=O) groups excluding carboxylic acids is 4. The third-order valence-corrected chi connectivity index (χ3v) is 17.0. The second kappa shape index (κ2) is 56.1. The van der Waals surface area contributed by atoms with Gasteiger partial charge in [-0.25, -0.2) is 9.13 Å². The van der Waals surface area contributed by atoms with Crippen molar-refractivity contribution < 1.29 is 80.2 Å². The number of hydrogen-bond acceptors (Lipinski definition) is 15. The van der Waals surface area contributed by atoms with Crippen LogP contribution in [0.4, 0.5) is 0 Å². The van der Waals surface area contributed by atoms with Crippen molar-refractivity contribution in [3.63, 3.8) is 0 Å². The number of rotatable bonds is 63. The Morgan fingerprint density at radius 2 is 0.494 bits per heavy atom. The van der Waals surface area contributed by atoms with Crippen molar-refractivity contribution >= 4 is 39.5 Å². The predicted molar refractivity (Wildman–Crippen MR) is 340 cm³/mol. The molecular formula is C66H128O17P2. The van der Waals surface area contributed by atoms with Crippen LogP contribution < -0.4 is 0 Å². The molecule has 0 aromatic carbocycles. The highest BCUT2D eigenvalue weighted by Gasteiger charge is 2.30. The summed E-state index contributed by atoms with van der Waals surface area (Å²) >= 11 is 0. The quantitative estimate of drug-likeness (QED) is 0.0222.